The molecular formula is C12H10O3. The van der Waals surface area contributed by atoms with Gasteiger partial charge in [-0.2, -0.15) is 0 Å². The van der Waals surface area contributed by atoms with Crippen LogP contribution in [0.4, 0.5) is 0 Å². The smallest absolute Gasteiger partial charge is 0.123 e. The van der Waals surface area contributed by atoms with Crippen LogP contribution in [0, 0.1) is 0 Å². The van der Waals surface area contributed by atoms with Crippen molar-refractivity contribution in [3.8, 4) is 28.4 Å². The zero-order valence-electron chi connectivity index (χ0n) is 7.88. The van der Waals surface area contributed by atoms with Gasteiger partial charge in [0.05, 0.1) is 0 Å². The molecule has 0 aromatic heterocycles. The average molecular weight is 202 g/mol. The monoisotopic (exact) mass is 202 g/mol. The average Bonchev–Trinajstić information content (AvgIpc) is 2.23. The van der Waals surface area contributed by atoms with E-state index in [4.69, 9.17) is 0 Å². The lowest BCUT2D eigenvalue weighted by Gasteiger charge is -2.06. The highest BCUT2D eigenvalue weighted by Crippen LogP contribution is 2.36. The van der Waals surface area contributed by atoms with E-state index in [1.165, 1.54) is 24.3 Å². The van der Waals surface area contributed by atoms with Crippen LogP contribution in [0.3, 0.4) is 0 Å². The van der Waals surface area contributed by atoms with Crippen molar-refractivity contribution in [3.63, 3.8) is 0 Å². The lowest BCUT2D eigenvalue weighted by Crippen LogP contribution is -1.80. The summed E-state index contributed by atoms with van der Waals surface area (Å²) < 4.78 is 0. The standard InChI is InChI=1S/C12H10O3/c13-8-5-6-12(15)10(7-8)9-3-1-2-4-11(9)14/h1-7,13-15H. The van der Waals surface area contributed by atoms with Gasteiger partial charge >= 0.3 is 0 Å². The van der Waals surface area contributed by atoms with E-state index in [9.17, 15) is 15.3 Å². The van der Waals surface area contributed by atoms with Crippen molar-refractivity contribution >= 4 is 0 Å². The molecule has 0 saturated carbocycles. The van der Waals surface area contributed by atoms with E-state index in [0.717, 1.165) is 0 Å². The summed E-state index contributed by atoms with van der Waals surface area (Å²) in [6.45, 7) is 0. The molecule has 0 aliphatic heterocycles. The Kier molecular flexibility index (Phi) is 2.21. The maximum atomic E-state index is 9.59. The number of benzene rings is 2. The second kappa shape index (κ2) is 3.53. The molecule has 0 aliphatic carbocycles. The van der Waals surface area contributed by atoms with Crippen LogP contribution in [0.5, 0.6) is 17.2 Å². The number of aromatic hydroxyl groups is 3. The highest BCUT2D eigenvalue weighted by molar-refractivity contribution is 5.76. The number of phenols is 3. The fourth-order valence-electron chi connectivity index (χ4n) is 1.44. The van der Waals surface area contributed by atoms with Gasteiger partial charge in [-0.15, -0.1) is 0 Å². The van der Waals surface area contributed by atoms with E-state index in [1.54, 1.807) is 18.2 Å². The molecule has 15 heavy (non-hydrogen) atoms. The molecule has 2 aromatic carbocycles. The van der Waals surface area contributed by atoms with E-state index in [2.05, 4.69) is 0 Å². The van der Waals surface area contributed by atoms with Gasteiger partial charge in [0.25, 0.3) is 0 Å². The molecule has 2 aromatic rings. The molecule has 0 radical (unpaired) electrons. The number of hydrogen-bond donors (Lipinski definition) is 3. The number of rotatable bonds is 1. The minimum absolute atomic E-state index is 0.0225. The molecule has 0 bridgehead atoms. The molecule has 3 nitrogen and oxygen atoms in total. The second-order valence-corrected chi connectivity index (χ2v) is 3.22. The van der Waals surface area contributed by atoms with Gasteiger partial charge in [-0.3, -0.25) is 0 Å². The predicted octanol–water partition coefficient (Wildman–Crippen LogP) is 2.47. The zero-order chi connectivity index (χ0) is 10.8. The first-order valence-electron chi connectivity index (χ1n) is 4.49. The van der Waals surface area contributed by atoms with Crippen LogP contribution in [0.25, 0.3) is 11.1 Å². The highest BCUT2D eigenvalue weighted by atomic mass is 16.3. The molecule has 0 unspecified atom stereocenters. The lowest BCUT2D eigenvalue weighted by atomic mass is 10.0. The summed E-state index contributed by atoms with van der Waals surface area (Å²) in [4.78, 5) is 0. The Bertz CT molecular complexity index is 492. The molecule has 3 heteroatoms. The van der Waals surface area contributed by atoms with Crippen LogP contribution in [-0.2, 0) is 0 Å². The molecule has 0 atom stereocenters. The first-order valence-corrected chi connectivity index (χ1v) is 4.49. The van der Waals surface area contributed by atoms with E-state index in [-0.39, 0.29) is 17.2 Å². The summed E-state index contributed by atoms with van der Waals surface area (Å²) in [7, 11) is 0. The number of phenolic OH excluding ortho intramolecular Hbond substituents is 3. The largest absolute Gasteiger partial charge is 0.508 e. The third-order valence-corrected chi connectivity index (χ3v) is 2.17. The van der Waals surface area contributed by atoms with Crippen LogP contribution in [0.1, 0.15) is 0 Å². The topological polar surface area (TPSA) is 60.7 Å². The van der Waals surface area contributed by atoms with Crippen molar-refractivity contribution in [1.82, 2.24) is 0 Å². The van der Waals surface area contributed by atoms with Crippen molar-refractivity contribution in [2.45, 2.75) is 0 Å². The molecule has 2 rings (SSSR count). The minimum atomic E-state index is 0.0225. The quantitative estimate of drug-likeness (QED) is 0.622. The third-order valence-electron chi connectivity index (χ3n) is 2.17. The van der Waals surface area contributed by atoms with Gasteiger partial charge in [0, 0.05) is 11.1 Å². The maximum absolute atomic E-state index is 9.59. The van der Waals surface area contributed by atoms with Gasteiger partial charge in [0.15, 0.2) is 0 Å². The van der Waals surface area contributed by atoms with Crippen molar-refractivity contribution in [2.24, 2.45) is 0 Å². The van der Waals surface area contributed by atoms with Gasteiger partial charge < -0.3 is 15.3 Å². The van der Waals surface area contributed by atoms with Gasteiger partial charge in [0.1, 0.15) is 17.2 Å². The molecule has 0 fully saturated rings. The van der Waals surface area contributed by atoms with E-state index in [1.807, 2.05) is 0 Å². The molecular weight excluding hydrogens is 192 g/mol. The van der Waals surface area contributed by atoms with Crippen molar-refractivity contribution < 1.29 is 15.3 Å². The molecule has 0 spiro atoms. The summed E-state index contributed by atoms with van der Waals surface area (Å²) in [5.41, 5.74) is 0.902. The number of hydrogen-bond acceptors (Lipinski definition) is 3. The molecule has 0 amide bonds. The first-order chi connectivity index (χ1) is 7.18. The number of para-hydroxylation sites is 1. The Balaban J connectivity index is 2.64. The molecule has 3 N–H and O–H groups in total. The van der Waals surface area contributed by atoms with Gasteiger partial charge in [-0.25, -0.2) is 0 Å². The Morgan fingerprint density at radius 3 is 2.07 bits per heavy atom. The predicted molar refractivity (Wildman–Crippen MR) is 56.9 cm³/mol. The zero-order valence-corrected chi connectivity index (χ0v) is 7.88. The van der Waals surface area contributed by atoms with E-state index < -0.39 is 0 Å². The SMILES string of the molecule is Oc1ccc(O)c(-c2ccccc2O)c1. The van der Waals surface area contributed by atoms with Gasteiger partial charge in [-0.05, 0) is 24.3 Å². The Hall–Kier alpha value is -2.16. The van der Waals surface area contributed by atoms with Crippen LogP contribution in [0.2, 0.25) is 0 Å². The van der Waals surface area contributed by atoms with E-state index >= 15 is 0 Å². The first kappa shape index (κ1) is 9.40. The van der Waals surface area contributed by atoms with Crippen LogP contribution >= 0.6 is 0 Å². The summed E-state index contributed by atoms with van der Waals surface area (Å²) >= 11 is 0. The molecule has 0 aliphatic rings. The highest BCUT2D eigenvalue weighted by Gasteiger charge is 2.08. The van der Waals surface area contributed by atoms with Gasteiger partial charge in [-0.1, -0.05) is 18.2 Å². The third kappa shape index (κ3) is 1.72. The van der Waals surface area contributed by atoms with Crippen molar-refractivity contribution in [2.75, 3.05) is 0 Å². The Morgan fingerprint density at radius 1 is 0.667 bits per heavy atom. The van der Waals surface area contributed by atoms with E-state index in [0.29, 0.717) is 11.1 Å². The maximum Gasteiger partial charge on any atom is 0.123 e. The van der Waals surface area contributed by atoms with Crippen LogP contribution in [0.15, 0.2) is 42.5 Å². The van der Waals surface area contributed by atoms with Gasteiger partial charge in [0.2, 0.25) is 0 Å². The summed E-state index contributed by atoms with van der Waals surface area (Å²) in [6.07, 6.45) is 0. The van der Waals surface area contributed by atoms with Crippen LogP contribution < -0.4 is 0 Å². The Labute approximate surface area is 86.9 Å². The van der Waals surface area contributed by atoms with Crippen LogP contribution in [-0.4, -0.2) is 15.3 Å². The van der Waals surface area contributed by atoms with Crippen molar-refractivity contribution in [3.05, 3.63) is 42.5 Å². The summed E-state index contributed by atoms with van der Waals surface area (Å²) in [5, 5.41) is 28.5. The minimum Gasteiger partial charge on any atom is -0.508 e. The summed E-state index contributed by atoms with van der Waals surface area (Å²) in [6, 6.07) is 10.8. The lowest BCUT2D eigenvalue weighted by molar-refractivity contribution is 0.459. The Morgan fingerprint density at radius 2 is 1.33 bits per heavy atom. The molecule has 0 heterocycles. The fourth-order valence-corrected chi connectivity index (χ4v) is 1.44. The van der Waals surface area contributed by atoms with Crippen molar-refractivity contribution in [1.29, 1.82) is 0 Å². The second-order valence-electron chi connectivity index (χ2n) is 3.22. The normalized spacial score (nSPS) is 10.1. The molecule has 76 valence electrons. The molecule has 0 saturated heterocycles. The summed E-state index contributed by atoms with van der Waals surface area (Å²) in [5.74, 6) is 0.138. The fraction of sp³-hybridized carbons (Fsp3) is 0.